The van der Waals surface area contributed by atoms with Gasteiger partial charge in [-0.15, -0.1) is 0 Å². The van der Waals surface area contributed by atoms with Crippen molar-refractivity contribution in [2.45, 2.75) is 75.8 Å². The van der Waals surface area contributed by atoms with E-state index in [0.29, 0.717) is 35.8 Å². The van der Waals surface area contributed by atoms with Crippen molar-refractivity contribution in [3.63, 3.8) is 0 Å². The standard InChI is InChI=1S/C35H44N2O5S2/c1-26-12-9-10-18-30(26)32-24-28(19-20-31(32)34(38)36-33(35(39)40)21-23-43-2)25-37(22-11-15-27-13-5-3-6-14-27)44(41,42)29-16-7-4-8-17-29/h4,7-10,12,16-20,24,27,33H,3,5-6,11,13-15,21-23,25H2,1-2H3,(H,36,38)(H,39,40). The van der Waals surface area contributed by atoms with Gasteiger partial charge in [0, 0.05) is 18.7 Å². The minimum absolute atomic E-state index is 0.161. The minimum atomic E-state index is -3.76. The number of benzene rings is 3. The lowest BCUT2D eigenvalue weighted by molar-refractivity contribution is -0.139. The first-order valence-electron chi connectivity index (χ1n) is 15.5. The summed E-state index contributed by atoms with van der Waals surface area (Å²) in [5.41, 5.74) is 3.55. The topological polar surface area (TPSA) is 104 Å². The number of nitrogens with zero attached hydrogens (tertiary/aromatic N) is 1. The average Bonchev–Trinajstić information content (AvgIpc) is 3.03. The Hall–Kier alpha value is -3.14. The minimum Gasteiger partial charge on any atom is -0.480 e. The van der Waals surface area contributed by atoms with E-state index in [9.17, 15) is 23.1 Å². The summed E-state index contributed by atoms with van der Waals surface area (Å²) < 4.78 is 29.3. The molecular formula is C35H44N2O5S2. The fraction of sp³-hybridized carbons (Fsp3) is 0.429. The Labute approximate surface area is 266 Å². The number of nitrogens with one attached hydrogen (secondary N) is 1. The highest BCUT2D eigenvalue weighted by Crippen LogP contribution is 2.31. The Bertz CT molecular complexity index is 1500. The van der Waals surface area contributed by atoms with Gasteiger partial charge >= 0.3 is 5.97 Å². The van der Waals surface area contributed by atoms with Gasteiger partial charge < -0.3 is 10.4 Å². The zero-order valence-corrected chi connectivity index (χ0v) is 27.3. The lowest BCUT2D eigenvalue weighted by Gasteiger charge is -2.26. The van der Waals surface area contributed by atoms with Gasteiger partial charge in [0.15, 0.2) is 0 Å². The molecule has 1 fully saturated rings. The molecule has 4 rings (SSSR count). The van der Waals surface area contributed by atoms with Crippen molar-refractivity contribution in [3.05, 3.63) is 89.5 Å². The van der Waals surface area contributed by atoms with Crippen LogP contribution in [0.15, 0.2) is 77.7 Å². The highest BCUT2D eigenvalue weighted by atomic mass is 32.2. The van der Waals surface area contributed by atoms with Crippen LogP contribution >= 0.6 is 11.8 Å². The number of hydrogen-bond donors (Lipinski definition) is 2. The summed E-state index contributed by atoms with van der Waals surface area (Å²) in [6, 6.07) is 20.6. The van der Waals surface area contributed by atoms with E-state index in [0.717, 1.165) is 29.5 Å². The van der Waals surface area contributed by atoms with Gasteiger partial charge in [0.2, 0.25) is 10.0 Å². The average molecular weight is 637 g/mol. The molecule has 0 heterocycles. The third-order valence-corrected chi connectivity index (χ3v) is 11.0. The molecule has 44 heavy (non-hydrogen) atoms. The summed E-state index contributed by atoms with van der Waals surface area (Å²) in [4.78, 5) is 25.6. The van der Waals surface area contributed by atoms with Gasteiger partial charge in [-0.05, 0) is 90.6 Å². The smallest absolute Gasteiger partial charge is 0.326 e. The van der Waals surface area contributed by atoms with E-state index in [1.807, 2.05) is 43.5 Å². The van der Waals surface area contributed by atoms with Gasteiger partial charge in [0.05, 0.1) is 4.90 Å². The number of sulfonamides is 1. The van der Waals surface area contributed by atoms with Crippen molar-refractivity contribution >= 4 is 33.7 Å². The number of carboxylic acids is 1. The van der Waals surface area contributed by atoms with Gasteiger partial charge in [-0.3, -0.25) is 4.79 Å². The molecule has 3 aromatic carbocycles. The second-order valence-electron chi connectivity index (χ2n) is 11.6. The molecule has 1 aliphatic carbocycles. The molecule has 0 bridgehead atoms. The van der Waals surface area contributed by atoms with E-state index >= 15 is 0 Å². The Kier molecular flexibility index (Phi) is 12.5. The maximum absolute atomic E-state index is 13.9. The predicted octanol–water partition coefficient (Wildman–Crippen LogP) is 7.15. The second-order valence-corrected chi connectivity index (χ2v) is 14.6. The Morgan fingerprint density at radius 1 is 0.977 bits per heavy atom. The summed E-state index contributed by atoms with van der Waals surface area (Å²) in [5, 5.41) is 12.4. The first-order valence-corrected chi connectivity index (χ1v) is 18.3. The number of hydrogen-bond acceptors (Lipinski definition) is 5. The molecule has 0 aromatic heterocycles. The van der Waals surface area contributed by atoms with Gasteiger partial charge in [0.25, 0.3) is 5.91 Å². The monoisotopic (exact) mass is 636 g/mol. The molecule has 1 saturated carbocycles. The SMILES string of the molecule is CSCCC(NC(=O)c1ccc(CN(CCCC2CCCCC2)S(=O)(=O)c2ccccc2)cc1-c1ccccc1C)C(=O)O. The second kappa shape index (κ2) is 16.3. The van der Waals surface area contributed by atoms with Crippen LogP contribution in [0.25, 0.3) is 11.1 Å². The molecule has 236 valence electrons. The van der Waals surface area contributed by atoms with Crippen LogP contribution in [-0.4, -0.2) is 54.3 Å². The van der Waals surface area contributed by atoms with Gasteiger partial charge in [-0.25, -0.2) is 13.2 Å². The summed E-state index contributed by atoms with van der Waals surface area (Å²) >= 11 is 1.53. The normalized spacial score (nSPS) is 14.8. The molecule has 0 saturated heterocycles. The van der Waals surface area contributed by atoms with E-state index in [4.69, 9.17) is 0 Å². The summed E-state index contributed by atoms with van der Waals surface area (Å²) in [6.45, 7) is 2.53. The fourth-order valence-corrected chi connectivity index (χ4v) is 7.94. The van der Waals surface area contributed by atoms with E-state index in [2.05, 4.69) is 5.32 Å². The number of carbonyl (C=O) groups is 2. The molecular weight excluding hydrogens is 593 g/mol. The highest BCUT2D eigenvalue weighted by Gasteiger charge is 2.27. The Morgan fingerprint density at radius 2 is 1.68 bits per heavy atom. The molecule has 9 heteroatoms. The lowest BCUT2D eigenvalue weighted by atomic mass is 9.86. The molecule has 3 aromatic rings. The number of amides is 1. The van der Waals surface area contributed by atoms with Crippen LogP contribution in [0.4, 0.5) is 0 Å². The first-order chi connectivity index (χ1) is 21.2. The summed E-state index contributed by atoms with van der Waals surface area (Å²) in [6.07, 6.45) is 10.2. The van der Waals surface area contributed by atoms with Crippen LogP contribution in [0, 0.1) is 12.8 Å². The van der Waals surface area contributed by atoms with Crippen LogP contribution < -0.4 is 5.32 Å². The molecule has 1 atom stereocenters. The highest BCUT2D eigenvalue weighted by molar-refractivity contribution is 7.98. The molecule has 1 unspecified atom stereocenters. The molecule has 7 nitrogen and oxygen atoms in total. The first kappa shape index (κ1) is 33.7. The van der Waals surface area contributed by atoms with E-state index in [1.54, 1.807) is 46.8 Å². The van der Waals surface area contributed by atoms with Crippen LogP contribution in [0.2, 0.25) is 0 Å². The molecule has 0 aliphatic heterocycles. The summed E-state index contributed by atoms with van der Waals surface area (Å²) in [7, 11) is -3.76. The number of rotatable bonds is 15. The largest absolute Gasteiger partial charge is 0.480 e. The summed E-state index contributed by atoms with van der Waals surface area (Å²) in [5.74, 6) is -0.283. The Morgan fingerprint density at radius 3 is 2.36 bits per heavy atom. The van der Waals surface area contributed by atoms with Crippen molar-refractivity contribution in [1.82, 2.24) is 9.62 Å². The quantitative estimate of drug-likeness (QED) is 0.184. The van der Waals surface area contributed by atoms with Crippen molar-refractivity contribution in [1.29, 1.82) is 0 Å². The van der Waals surface area contributed by atoms with Crippen molar-refractivity contribution < 1.29 is 23.1 Å². The third-order valence-electron chi connectivity index (χ3n) is 8.46. The molecule has 1 amide bonds. The van der Waals surface area contributed by atoms with Crippen molar-refractivity contribution in [3.8, 4) is 11.1 Å². The van der Waals surface area contributed by atoms with Crippen molar-refractivity contribution in [2.75, 3.05) is 18.6 Å². The maximum atomic E-state index is 13.9. The number of thioether (sulfide) groups is 1. The maximum Gasteiger partial charge on any atom is 0.326 e. The molecule has 1 aliphatic rings. The van der Waals surface area contributed by atoms with Crippen molar-refractivity contribution in [2.24, 2.45) is 5.92 Å². The number of aliphatic carboxylic acids is 1. The lowest BCUT2D eigenvalue weighted by Crippen LogP contribution is -2.41. The molecule has 2 N–H and O–H groups in total. The fourth-order valence-electron chi connectivity index (χ4n) is 5.98. The van der Waals surface area contributed by atoms with Gasteiger partial charge in [-0.1, -0.05) is 80.6 Å². The van der Waals surface area contributed by atoms with E-state index < -0.39 is 27.9 Å². The van der Waals surface area contributed by atoms with Crippen LogP contribution in [0.1, 0.15) is 72.9 Å². The van der Waals surface area contributed by atoms with Crippen LogP contribution in [-0.2, 0) is 21.4 Å². The zero-order valence-electron chi connectivity index (χ0n) is 25.7. The molecule has 0 spiro atoms. The number of carboxylic acid groups (broad SMARTS) is 1. The predicted molar refractivity (Wildman–Crippen MR) is 178 cm³/mol. The van der Waals surface area contributed by atoms with E-state index in [1.165, 1.54) is 43.9 Å². The van der Waals surface area contributed by atoms with Crippen LogP contribution in [0.3, 0.4) is 0 Å². The number of carbonyl (C=O) groups excluding carboxylic acids is 1. The number of aryl methyl sites for hydroxylation is 1. The van der Waals surface area contributed by atoms with E-state index in [-0.39, 0.29) is 11.4 Å². The van der Waals surface area contributed by atoms with Crippen LogP contribution in [0.5, 0.6) is 0 Å². The third kappa shape index (κ3) is 8.96. The van der Waals surface area contributed by atoms with Gasteiger partial charge in [0.1, 0.15) is 6.04 Å². The molecule has 0 radical (unpaired) electrons. The zero-order chi connectivity index (χ0) is 31.5. The Balaban J connectivity index is 1.66. The van der Waals surface area contributed by atoms with Gasteiger partial charge in [-0.2, -0.15) is 16.1 Å².